The first-order chi connectivity index (χ1) is 7.13. The average Bonchev–Trinajstić information content (AvgIpc) is 2.70. The summed E-state index contributed by atoms with van der Waals surface area (Å²) in [7, 11) is 3.19. The van der Waals surface area contributed by atoms with Crippen LogP contribution in [0.15, 0.2) is 17.5 Å². The maximum absolute atomic E-state index is 11.6. The highest BCUT2D eigenvalue weighted by atomic mass is 32.1. The van der Waals surface area contributed by atoms with Gasteiger partial charge in [0.25, 0.3) is 0 Å². The van der Waals surface area contributed by atoms with Crippen molar-refractivity contribution < 1.29 is 9.59 Å². The third-order valence-corrected chi connectivity index (χ3v) is 2.87. The summed E-state index contributed by atoms with van der Waals surface area (Å²) in [6, 6.07) is 3.82. The molecule has 1 aromatic heterocycles. The Labute approximate surface area is 92.9 Å². The minimum absolute atomic E-state index is 0.0407. The lowest BCUT2D eigenvalue weighted by Gasteiger charge is -2.15. The molecule has 4 nitrogen and oxygen atoms in total. The van der Waals surface area contributed by atoms with E-state index in [9.17, 15) is 9.59 Å². The monoisotopic (exact) mass is 226 g/mol. The normalized spacial score (nSPS) is 9.73. The van der Waals surface area contributed by atoms with Gasteiger partial charge in [-0.2, -0.15) is 0 Å². The summed E-state index contributed by atoms with van der Waals surface area (Å²) in [5.74, 6) is -0.196. The van der Waals surface area contributed by atoms with Crippen LogP contribution in [-0.2, 0) is 16.0 Å². The van der Waals surface area contributed by atoms with Crippen LogP contribution < -0.4 is 5.32 Å². The Morgan fingerprint density at radius 1 is 1.53 bits per heavy atom. The van der Waals surface area contributed by atoms with E-state index in [2.05, 4.69) is 5.32 Å². The molecule has 15 heavy (non-hydrogen) atoms. The number of likely N-dealkylation sites (N-methyl/N-ethyl adjacent to an activating group) is 2. The highest BCUT2D eigenvalue weighted by molar-refractivity contribution is 7.10. The molecule has 5 heteroatoms. The molecule has 0 fully saturated rings. The topological polar surface area (TPSA) is 49.4 Å². The second kappa shape index (κ2) is 5.50. The number of hydrogen-bond donors (Lipinski definition) is 1. The quantitative estimate of drug-likeness (QED) is 0.812. The van der Waals surface area contributed by atoms with Crippen LogP contribution >= 0.6 is 11.3 Å². The van der Waals surface area contributed by atoms with Crippen molar-refractivity contribution in [2.24, 2.45) is 0 Å². The highest BCUT2D eigenvalue weighted by Gasteiger charge is 2.12. The van der Waals surface area contributed by atoms with Crippen molar-refractivity contribution in [1.29, 1.82) is 0 Å². The molecule has 0 unspecified atom stereocenters. The van der Waals surface area contributed by atoms with E-state index in [1.807, 2.05) is 17.5 Å². The zero-order valence-electron chi connectivity index (χ0n) is 8.82. The molecule has 0 aliphatic carbocycles. The Hall–Kier alpha value is -1.36. The minimum atomic E-state index is -0.156. The maximum Gasteiger partial charge on any atom is 0.239 e. The number of rotatable bonds is 4. The predicted octanol–water partition coefficient (Wildman–Crippen LogP) is 0.495. The fourth-order valence-corrected chi connectivity index (χ4v) is 1.78. The van der Waals surface area contributed by atoms with Crippen molar-refractivity contribution in [2.45, 2.75) is 6.42 Å². The standard InChI is InChI=1S/C10H14N2O2S/c1-11-9(13)7-12(2)10(14)6-8-4-3-5-15-8/h3-5H,6-7H2,1-2H3,(H,11,13). The van der Waals surface area contributed by atoms with E-state index in [4.69, 9.17) is 0 Å². The Kier molecular flexibility index (Phi) is 4.30. The van der Waals surface area contributed by atoms with Crippen LogP contribution in [0.3, 0.4) is 0 Å². The summed E-state index contributed by atoms with van der Waals surface area (Å²) < 4.78 is 0. The first-order valence-corrected chi connectivity index (χ1v) is 5.48. The van der Waals surface area contributed by atoms with Crippen LogP contribution in [0.5, 0.6) is 0 Å². The SMILES string of the molecule is CNC(=O)CN(C)C(=O)Cc1cccs1. The average molecular weight is 226 g/mol. The van der Waals surface area contributed by atoms with Gasteiger partial charge in [0.15, 0.2) is 0 Å². The summed E-state index contributed by atoms with van der Waals surface area (Å²) in [5, 5.41) is 4.41. The van der Waals surface area contributed by atoms with Gasteiger partial charge < -0.3 is 10.2 Å². The van der Waals surface area contributed by atoms with E-state index < -0.39 is 0 Å². The molecule has 0 bridgehead atoms. The van der Waals surface area contributed by atoms with Gasteiger partial charge in [0, 0.05) is 19.0 Å². The molecule has 1 N–H and O–H groups in total. The Bertz CT molecular complexity index is 335. The van der Waals surface area contributed by atoms with Crippen LogP contribution in [0.25, 0.3) is 0 Å². The van der Waals surface area contributed by atoms with Gasteiger partial charge >= 0.3 is 0 Å². The van der Waals surface area contributed by atoms with E-state index in [0.29, 0.717) is 6.42 Å². The van der Waals surface area contributed by atoms with Crippen LogP contribution in [-0.4, -0.2) is 37.4 Å². The minimum Gasteiger partial charge on any atom is -0.358 e. The second-order valence-electron chi connectivity index (χ2n) is 3.18. The van der Waals surface area contributed by atoms with Crippen LogP contribution in [0.2, 0.25) is 0 Å². The van der Waals surface area contributed by atoms with E-state index in [0.717, 1.165) is 4.88 Å². The zero-order chi connectivity index (χ0) is 11.3. The lowest BCUT2D eigenvalue weighted by Crippen LogP contribution is -2.37. The van der Waals surface area contributed by atoms with Crippen molar-refractivity contribution in [3.05, 3.63) is 22.4 Å². The largest absolute Gasteiger partial charge is 0.358 e. The number of carbonyl (C=O) groups is 2. The van der Waals surface area contributed by atoms with Gasteiger partial charge in [-0.25, -0.2) is 0 Å². The Balaban J connectivity index is 2.43. The van der Waals surface area contributed by atoms with E-state index in [-0.39, 0.29) is 18.4 Å². The van der Waals surface area contributed by atoms with Crippen molar-refractivity contribution in [2.75, 3.05) is 20.6 Å². The highest BCUT2D eigenvalue weighted by Crippen LogP contribution is 2.09. The molecule has 1 heterocycles. The van der Waals surface area contributed by atoms with Crippen LogP contribution in [0.1, 0.15) is 4.88 Å². The number of carbonyl (C=O) groups excluding carboxylic acids is 2. The molecule has 2 amide bonds. The third kappa shape index (κ3) is 3.71. The number of thiophene rings is 1. The van der Waals surface area contributed by atoms with Crippen LogP contribution in [0.4, 0.5) is 0 Å². The lowest BCUT2D eigenvalue weighted by atomic mass is 10.3. The van der Waals surface area contributed by atoms with Gasteiger partial charge in [0.05, 0.1) is 13.0 Å². The van der Waals surface area contributed by atoms with Crippen molar-refractivity contribution in [3.63, 3.8) is 0 Å². The number of nitrogens with one attached hydrogen (secondary N) is 1. The summed E-state index contributed by atoms with van der Waals surface area (Å²) in [6.07, 6.45) is 0.366. The van der Waals surface area contributed by atoms with Gasteiger partial charge in [0.2, 0.25) is 11.8 Å². The third-order valence-electron chi connectivity index (χ3n) is 1.99. The molecule has 82 valence electrons. The molecule has 0 saturated heterocycles. The number of amides is 2. The van der Waals surface area contributed by atoms with Gasteiger partial charge in [-0.15, -0.1) is 11.3 Å². The molecular formula is C10H14N2O2S. The number of hydrogen-bond acceptors (Lipinski definition) is 3. The predicted molar refractivity (Wildman–Crippen MR) is 59.7 cm³/mol. The molecular weight excluding hydrogens is 212 g/mol. The first-order valence-electron chi connectivity index (χ1n) is 4.60. The van der Waals surface area contributed by atoms with Crippen molar-refractivity contribution >= 4 is 23.2 Å². The molecule has 0 atom stereocenters. The molecule has 0 aliphatic heterocycles. The van der Waals surface area contributed by atoms with Gasteiger partial charge in [-0.3, -0.25) is 9.59 Å². The van der Waals surface area contributed by atoms with E-state index in [1.165, 1.54) is 4.90 Å². The summed E-state index contributed by atoms with van der Waals surface area (Å²) in [6.45, 7) is 0.112. The van der Waals surface area contributed by atoms with Crippen molar-refractivity contribution in [1.82, 2.24) is 10.2 Å². The van der Waals surface area contributed by atoms with Gasteiger partial charge in [-0.05, 0) is 11.4 Å². The fourth-order valence-electron chi connectivity index (χ4n) is 1.08. The smallest absolute Gasteiger partial charge is 0.239 e. The zero-order valence-corrected chi connectivity index (χ0v) is 9.63. The number of nitrogens with zero attached hydrogens (tertiary/aromatic N) is 1. The molecule has 1 aromatic rings. The lowest BCUT2D eigenvalue weighted by molar-refractivity contribution is -0.134. The molecule has 0 saturated carbocycles. The van der Waals surface area contributed by atoms with Gasteiger partial charge in [0.1, 0.15) is 0 Å². The summed E-state index contributed by atoms with van der Waals surface area (Å²) in [4.78, 5) is 25.1. The molecule has 0 spiro atoms. The fraction of sp³-hybridized carbons (Fsp3) is 0.400. The molecule has 0 radical (unpaired) electrons. The molecule has 0 aliphatic rings. The Morgan fingerprint density at radius 2 is 2.27 bits per heavy atom. The van der Waals surface area contributed by atoms with E-state index in [1.54, 1.807) is 25.4 Å². The molecule has 1 rings (SSSR count). The summed E-state index contributed by atoms with van der Waals surface area (Å²) >= 11 is 1.55. The van der Waals surface area contributed by atoms with Crippen LogP contribution in [0, 0.1) is 0 Å². The second-order valence-corrected chi connectivity index (χ2v) is 4.21. The molecule has 0 aromatic carbocycles. The van der Waals surface area contributed by atoms with Gasteiger partial charge in [-0.1, -0.05) is 6.07 Å². The Morgan fingerprint density at radius 3 is 2.80 bits per heavy atom. The first kappa shape index (κ1) is 11.7. The maximum atomic E-state index is 11.6. The van der Waals surface area contributed by atoms with Crippen molar-refractivity contribution in [3.8, 4) is 0 Å². The van der Waals surface area contributed by atoms with E-state index >= 15 is 0 Å². The summed E-state index contributed by atoms with van der Waals surface area (Å²) in [5.41, 5.74) is 0.